The molecule has 0 aromatic carbocycles. The molecule has 2 atom stereocenters. The highest BCUT2D eigenvalue weighted by atomic mass is 127. The second-order valence-corrected chi connectivity index (χ2v) is 4.87. The number of carbonyl (C=O) groups is 1. The van der Waals surface area contributed by atoms with Crippen LogP contribution in [0.25, 0.3) is 0 Å². The third kappa shape index (κ3) is 2.11. The smallest absolute Gasteiger partial charge is 0.240 e. The number of carbonyl (C=O) groups excluding carboxylic acids is 1. The van der Waals surface area contributed by atoms with Crippen LogP contribution in [0, 0.1) is 3.57 Å². The summed E-state index contributed by atoms with van der Waals surface area (Å²) in [5.41, 5.74) is 5.26. The number of primary amides is 1. The number of alkyl halides is 1. The first-order valence-electron chi connectivity index (χ1n) is 4.90. The van der Waals surface area contributed by atoms with E-state index in [1.54, 1.807) is 17.2 Å². The maximum atomic E-state index is 13.3. The number of aromatic nitrogens is 1. The summed E-state index contributed by atoms with van der Waals surface area (Å²) in [6.45, 7) is 0.181. The Morgan fingerprint density at radius 3 is 3.06 bits per heavy atom. The van der Waals surface area contributed by atoms with E-state index in [0.29, 0.717) is 5.82 Å². The van der Waals surface area contributed by atoms with Crippen LogP contribution in [0.3, 0.4) is 0 Å². The molecular formula is C10H11FIN3O. The van der Waals surface area contributed by atoms with Gasteiger partial charge in [-0.2, -0.15) is 0 Å². The van der Waals surface area contributed by atoms with Crippen LogP contribution >= 0.6 is 22.6 Å². The maximum absolute atomic E-state index is 13.3. The molecule has 86 valence electrons. The molecule has 0 unspecified atom stereocenters. The first-order valence-corrected chi connectivity index (χ1v) is 5.98. The minimum Gasteiger partial charge on any atom is -0.368 e. The summed E-state index contributed by atoms with van der Waals surface area (Å²) in [5.74, 6) is 0.133. The molecule has 2 N–H and O–H groups in total. The predicted molar refractivity (Wildman–Crippen MR) is 66.8 cm³/mol. The molecule has 1 amide bonds. The number of pyridine rings is 1. The largest absolute Gasteiger partial charge is 0.368 e. The van der Waals surface area contributed by atoms with Gasteiger partial charge in [0.05, 0.1) is 10.1 Å². The van der Waals surface area contributed by atoms with Gasteiger partial charge in [-0.1, -0.05) is 0 Å². The highest BCUT2D eigenvalue weighted by Gasteiger charge is 2.37. The molecule has 1 aromatic heterocycles. The average Bonchev–Trinajstić information content (AvgIpc) is 2.61. The van der Waals surface area contributed by atoms with E-state index in [1.807, 2.05) is 6.07 Å². The van der Waals surface area contributed by atoms with Crippen molar-refractivity contribution in [2.45, 2.75) is 18.6 Å². The highest BCUT2D eigenvalue weighted by Crippen LogP contribution is 2.28. The Bertz CT molecular complexity index is 415. The summed E-state index contributed by atoms with van der Waals surface area (Å²) in [4.78, 5) is 17.0. The van der Waals surface area contributed by atoms with Crippen LogP contribution in [0.4, 0.5) is 10.2 Å². The molecule has 1 saturated heterocycles. The lowest BCUT2D eigenvalue weighted by molar-refractivity contribution is -0.119. The number of rotatable bonds is 2. The quantitative estimate of drug-likeness (QED) is 0.823. The van der Waals surface area contributed by atoms with Crippen LogP contribution in [0.2, 0.25) is 0 Å². The molecule has 0 aliphatic carbocycles. The number of halogens is 2. The maximum Gasteiger partial charge on any atom is 0.240 e. The Hall–Kier alpha value is -0.920. The number of amides is 1. The third-order valence-corrected chi connectivity index (χ3v) is 3.43. The summed E-state index contributed by atoms with van der Waals surface area (Å²) in [7, 11) is 0. The normalized spacial score (nSPS) is 24.8. The molecular weight excluding hydrogens is 324 g/mol. The van der Waals surface area contributed by atoms with Crippen molar-refractivity contribution in [1.29, 1.82) is 0 Å². The second kappa shape index (κ2) is 4.52. The molecule has 0 radical (unpaired) electrons. The second-order valence-electron chi connectivity index (χ2n) is 3.71. The van der Waals surface area contributed by atoms with Crippen LogP contribution < -0.4 is 10.6 Å². The van der Waals surface area contributed by atoms with E-state index in [-0.39, 0.29) is 13.0 Å². The Kier molecular flexibility index (Phi) is 3.27. The topological polar surface area (TPSA) is 59.2 Å². The van der Waals surface area contributed by atoms with Gasteiger partial charge in [0, 0.05) is 12.6 Å². The van der Waals surface area contributed by atoms with E-state index >= 15 is 0 Å². The number of nitrogens with two attached hydrogens (primary N) is 1. The van der Waals surface area contributed by atoms with E-state index in [0.717, 1.165) is 3.57 Å². The Labute approximate surface area is 106 Å². The van der Waals surface area contributed by atoms with Gasteiger partial charge in [0.2, 0.25) is 5.91 Å². The molecule has 0 bridgehead atoms. The Morgan fingerprint density at radius 2 is 2.44 bits per heavy atom. The van der Waals surface area contributed by atoms with Gasteiger partial charge >= 0.3 is 0 Å². The SMILES string of the molecule is NC(=O)[C@@H]1C[C@@H](F)CN1c1ncccc1I. The average molecular weight is 335 g/mol. The molecule has 6 heteroatoms. The molecule has 4 nitrogen and oxygen atoms in total. The van der Waals surface area contributed by atoms with E-state index in [1.165, 1.54) is 0 Å². The van der Waals surface area contributed by atoms with Gasteiger partial charge in [0.15, 0.2) is 0 Å². The van der Waals surface area contributed by atoms with Crippen LogP contribution in [0.15, 0.2) is 18.3 Å². The number of hydrogen-bond donors (Lipinski definition) is 1. The van der Waals surface area contributed by atoms with Gasteiger partial charge in [-0.3, -0.25) is 4.79 Å². The van der Waals surface area contributed by atoms with E-state index in [4.69, 9.17) is 5.73 Å². The summed E-state index contributed by atoms with van der Waals surface area (Å²) >= 11 is 2.11. The van der Waals surface area contributed by atoms with Crippen LogP contribution in [-0.2, 0) is 4.79 Å². The van der Waals surface area contributed by atoms with Crippen molar-refractivity contribution in [3.05, 3.63) is 21.9 Å². The zero-order valence-electron chi connectivity index (χ0n) is 8.44. The van der Waals surface area contributed by atoms with E-state index in [9.17, 15) is 9.18 Å². The van der Waals surface area contributed by atoms with Crippen LogP contribution in [-0.4, -0.2) is 29.6 Å². The summed E-state index contributed by atoms with van der Waals surface area (Å²) in [6.07, 6.45) is 0.763. The Balaban J connectivity index is 2.33. The lowest BCUT2D eigenvalue weighted by Gasteiger charge is -2.23. The molecule has 0 spiro atoms. The predicted octanol–water partition coefficient (Wildman–Crippen LogP) is 1.09. The molecule has 1 aliphatic heterocycles. The number of anilines is 1. The molecule has 1 aliphatic rings. The number of hydrogen-bond acceptors (Lipinski definition) is 3. The zero-order valence-corrected chi connectivity index (χ0v) is 10.6. The minimum absolute atomic E-state index is 0.155. The van der Waals surface area contributed by atoms with Crippen LogP contribution in [0.1, 0.15) is 6.42 Å². The van der Waals surface area contributed by atoms with Crippen molar-refractivity contribution in [3.8, 4) is 0 Å². The minimum atomic E-state index is -1.02. The molecule has 1 fully saturated rings. The van der Waals surface area contributed by atoms with Crippen molar-refractivity contribution in [2.75, 3.05) is 11.4 Å². The monoisotopic (exact) mass is 335 g/mol. The fourth-order valence-electron chi connectivity index (χ4n) is 1.88. The van der Waals surface area contributed by atoms with Crippen molar-refractivity contribution >= 4 is 34.3 Å². The van der Waals surface area contributed by atoms with Crippen molar-refractivity contribution in [3.63, 3.8) is 0 Å². The van der Waals surface area contributed by atoms with Gasteiger partial charge in [0.25, 0.3) is 0 Å². The fraction of sp³-hybridized carbons (Fsp3) is 0.400. The molecule has 1 aromatic rings. The molecule has 0 saturated carbocycles. The first kappa shape index (κ1) is 11.6. The van der Waals surface area contributed by atoms with Gasteiger partial charge in [-0.05, 0) is 34.7 Å². The van der Waals surface area contributed by atoms with E-state index in [2.05, 4.69) is 27.6 Å². The van der Waals surface area contributed by atoms with Crippen molar-refractivity contribution in [2.24, 2.45) is 5.73 Å². The lowest BCUT2D eigenvalue weighted by atomic mass is 10.2. The van der Waals surface area contributed by atoms with E-state index < -0.39 is 18.1 Å². The van der Waals surface area contributed by atoms with Gasteiger partial charge < -0.3 is 10.6 Å². The lowest BCUT2D eigenvalue weighted by Crippen LogP contribution is -2.41. The van der Waals surface area contributed by atoms with Gasteiger partial charge in [-0.25, -0.2) is 9.37 Å². The Morgan fingerprint density at radius 1 is 1.69 bits per heavy atom. The standard InChI is InChI=1S/C10H11FIN3O/c11-6-4-8(9(13)16)15(5-6)10-7(12)2-1-3-14-10/h1-3,6,8H,4-5H2,(H2,13,16)/t6-,8+/m1/s1. The molecule has 16 heavy (non-hydrogen) atoms. The van der Waals surface area contributed by atoms with Gasteiger partial charge in [-0.15, -0.1) is 0 Å². The summed E-state index contributed by atoms with van der Waals surface area (Å²) in [6, 6.07) is 3.08. The molecule has 2 heterocycles. The third-order valence-electron chi connectivity index (χ3n) is 2.59. The summed E-state index contributed by atoms with van der Waals surface area (Å²) < 4.78 is 14.2. The zero-order chi connectivity index (χ0) is 11.7. The highest BCUT2D eigenvalue weighted by molar-refractivity contribution is 14.1. The van der Waals surface area contributed by atoms with Crippen molar-refractivity contribution in [1.82, 2.24) is 4.98 Å². The van der Waals surface area contributed by atoms with Crippen LogP contribution in [0.5, 0.6) is 0 Å². The van der Waals surface area contributed by atoms with Crippen molar-refractivity contribution < 1.29 is 9.18 Å². The molecule has 2 rings (SSSR count). The fourth-order valence-corrected chi connectivity index (χ4v) is 2.53. The summed E-state index contributed by atoms with van der Waals surface area (Å²) in [5, 5.41) is 0. The number of nitrogens with zero attached hydrogens (tertiary/aromatic N) is 2. The first-order chi connectivity index (χ1) is 7.59. The van der Waals surface area contributed by atoms with Gasteiger partial charge in [0.1, 0.15) is 18.0 Å².